The summed E-state index contributed by atoms with van der Waals surface area (Å²) in [7, 11) is 0. The van der Waals surface area contributed by atoms with Crippen LogP contribution in [0.4, 0.5) is 5.69 Å². The number of anilines is 1. The first-order valence-electron chi connectivity index (χ1n) is 11.0. The Labute approximate surface area is 192 Å². The second kappa shape index (κ2) is 7.65. The van der Waals surface area contributed by atoms with Gasteiger partial charge in [-0.05, 0) is 46.4 Å². The van der Waals surface area contributed by atoms with E-state index in [9.17, 15) is 4.79 Å². The Bertz CT molecular complexity index is 1370. The van der Waals surface area contributed by atoms with Crippen LogP contribution in [0.5, 0.6) is 0 Å². The highest BCUT2D eigenvalue weighted by molar-refractivity contribution is 6.31. The number of hydrogen-bond acceptors (Lipinski definition) is 2. The van der Waals surface area contributed by atoms with Gasteiger partial charge in [0.2, 0.25) is 0 Å². The number of hydrogen-bond donors (Lipinski definition) is 1. The number of nitrogens with one attached hydrogen (secondary N) is 1. The molecule has 1 aliphatic carbocycles. The molecule has 1 heterocycles. The zero-order chi connectivity index (χ0) is 21.7. The molecule has 0 saturated heterocycles. The fourth-order valence-electron chi connectivity index (χ4n) is 5.42. The molecule has 0 spiro atoms. The zero-order valence-electron chi connectivity index (χ0n) is 17.5. The Morgan fingerprint density at radius 1 is 0.875 bits per heavy atom. The predicted molar refractivity (Wildman–Crippen MR) is 132 cm³/mol. The lowest BCUT2D eigenvalue weighted by atomic mass is 9.75. The molecule has 32 heavy (non-hydrogen) atoms. The van der Waals surface area contributed by atoms with Gasteiger partial charge in [-0.15, -0.1) is 0 Å². The molecular weight excluding hydrogens is 414 g/mol. The molecule has 2 nitrogen and oxygen atoms in total. The van der Waals surface area contributed by atoms with Gasteiger partial charge in [0.15, 0.2) is 5.78 Å². The average Bonchev–Trinajstić information content (AvgIpc) is 3.33. The average molecular weight is 436 g/mol. The number of carbonyl (C=O) groups is 1. The smallest absolute Gasteiger partial charge is 0.195 e. The van der Waals surface area contributed by atoms with E-state index in [0.717, 1.165) is 17.7 Å². The molecule has 0 bridgehead atoms. The van der Waals surface area contributed by atoms with E-state index in [1.807, 2.05) is 42.5 Å². The normalized spacial score (nSPS) is 21.1. The van der Waals surface area contributed by atoms with Crippen molar-refractivity contribution in [3.63, 3.8) is 0 Å². The molecule has 0 unspecified atom stereocenters. The van der Waals surface area contributed by atoms with E-state index in [4.69, 9.17) is 11.6 Å². The summed E-state index contributed by atoms with van der Waals surface area (Å²) in [5.74, 6) is 0.608. The van der Waals surface area contributed by atoms with Crippen LogP contribution >= 0.6 is 11.6 Å². The number of ketones is 1. The molecule has 4 aromatic rings. The van der Waals surface area contributed by atoms with Crippen LogP contribution < -0.4 is 5.32 Å². The van der Waals surface area contributed by atoms with Gasteiger partial charge in [0.25, 0.3) is 0 Å². The van der Waals surface area contributed by atoms with Crippen molar-refractivity contribution in [2.24, 2.45) is 5.92 Å². The summed E-state index contributed by atoms with van der Waals surface area (Å²) in [5, 5.41) is 6.90. The van der Waals surface area contributed by atoms with Crippen molar-refractivity contribution < 1.29 is 4.79 Å². The fraction of sp³-hybridized carbons (Fsp3) is 0.138. The molecule has 1 aliphatic heterocycles. The lowest BCUT2D eigenvalue weighted by Gasteiger charge is -2.39. The van der Waals surface area contributed by atoms with Crippen LogP contribution in [0.1, 0.15) is 45.4 Å². The maximum atomic E-state index is 13.5. The highest BCUT2D eigenvalue weighted by atomic mass is 35.5. The zero-order valence-corrected chi connectivity index (χ0v) is 18.2. The lowest BCUT2D eigenvalue weighted by Crippen LogP contribution is -2.30. The van der Waals surface area contributed by atoms with Crippen LogP contribution in [0.25, 0.3) is 10.8 Å². The number of rotatable bonds is 3. The second-order valence-electron chi connectivity index (χ2n) is 8.66. The molecule has 0 saturated carbocycles. The molecule has 156 valence electrons. The molecule has 2 aliphatic rings. The molecule has 6 rings (SSSR count). The number of halogens is 1. The van der Waals surface area contributed by atoms with E-state index in [0.29, 0.717) is 22.1 Å². The summed E-state index contributed by atoms with van der Waals surface area (Å²) < 4.78 is 0. The second-order valence-corrected chi connectivity index (χ2v) is 9.09. The topological polar surface area (TPSA) is 29.1 Å². The quantitative estimate of drug-likeness (QED) is 0.266. The van der Waals surface area contributed by atoms with Crippen molar-refractivity contribution >= 4 is 33.8 Å². The largest absolute Gasteiger partial charge is 0.377 e. The van der Waals surface area contributed by atoms with Crippen LogP contribution in [-0.2, 0) is 0 Å². The van der Waals surface area contributed by atoms with Crippen molar-refractivity contribution in [1.29, 1.82) is 0 Å². The van der Waals surface area contributed by atoms with Crippen LogP contribution in [0, 0.1) is 5.92 Å². The van der Waals surface area contributed by atoms with Crippen LogP contribution in [-0.4, -0.2) is 5.78 Å². The number of allylic oxidation sites excluding steroid dienone is 2. The fourth-order valence-corrected chi connectivity index (χ4v) is 5.64. The van der Waals surface area contributed by atoms with E-state index in [1.165, 1.54) is 16.3 Å². The van der Waals surface area contributed by atoms with E-state index in [-0.39, 0.29) is 17.7 Å². The monoisotopic (exact) mass is 435 g/mol. The first-order valence-corrected chi connectivity index (χ1v) is 11.4. The third-order valence-corrected chi connectivity index (χ3v) is 7.09. The van der Waals surface area contributed by atoms with Gasteiger partial charge in [0.05, 0.1) is 6.04 Å². The van der Waals surface area contributed by atoms with E-state index >= 15 is 0 Å². The molecular formula is C29H22ClNO. The molecule has 0 fully saturated rings. The molecule has 1 N–H and O–H groups in total. The van der Waals surface area contributed by atoms with Gasteiger partial charge in [0, 0.05) is 27.8 Å². The summed E-state index contributed by atoms with van der Waals surface area (Å²) in [5.41, 5.74) is 4.62. The maximum absolute atomic E-state index is 13.5. The Balaban J connectivity index is 1.53. The van der Waals surface area contributed by atoms with Crippen LogP contribution in [0.3, 0.4) is 0 Å². The molecule has 3 heteroatoms. The van der Waals surface area contributed by atoms with E-state index < -0.39 is 0 Å². The van der Waals surface area contributed by atoms with Gasteiger partial charge in [-0.25, -0.2) is 0 Å². The maximum Gasteiger partial charge on any atom is 0.195 e. The minimum atomic E-state index is -0.00561. The Morgan fingerprint density at radius 3 is 2.53 bits per heavy atom. The van der Waals surface area contributed by atoms with Crippen LogP contribution in [0.15, 0.2) is 97.1 Å². The Hall–Kier alpha value is -3.36. The third kappa shape index (κ3) is 3.06. The van der Waals surface area contributed by atoms with Crippen molar-refractivity contribution in [2.45, 2.75) is 18.4 Å². The van der Waals surface area contributed by atoms with Gasteiger partial charge >= 0.3 is 0 Å². The Morgan fingerprint density at radius 2 is 1.66 bits per heavy atom. The summed E-state index contributed by atoms with van der Waals surface area (Å²) in [6.07, 6.45) is 5.55. The number of carbonyl (C=O) groups excluding carboxylic acids is 1. The van der Waals surface area contributed by atoms with Gasteiger partial charge in [-0.1, -0.05) is 96.5 Å². The third-order valence-electron chi connectivity index (χ3n) is 6.87. The number of benzene rings is 4. The molecule has 0 radical (unpaired) electrons. The van der Waals surface area contributed by atoms with E-state index in [1.54, 1.807) is 0 Å². The van der Waals surface area contributed by atoms with Crippen LogP contribution in [0.2, 0.25) is 5.02 Å². The minimum absolute atomic E-state index is 0.00561. The lowest BCUT2D eigenvalue weighted by molar-refractivity contribution is 0.103. The summed E-state index contributed by atoms with van der Waals surface area (Å²) in [4.78, 5) is 13.5. The summed E-state index contributed by atoms with van der Waals surface area (Å²) in [6, 6.07) is 28.4. The summed E-state index contributed by atoms with van der Waals surface area (Å²) >= 11 is 6.53. The van der Waals surface area contributed by atoms with Gasteiger partial charge in [-0.2, -0.15) is 0 Å². The molecule has 0 amide bonds. The van der Waals surface area contributed by atoms with Crippen molar-refractivity contribution in [3.05, 3.63) is 124 Å². The standard InChI is InChI=1S/C29H22ClNO/c30-20-16-25-22-13-7-15-24(22)27(23-14-6-11-18-8-4-5-12-21(18)23)31-28(25)26(17-20)29(32)19-9-2-1-3-10-19/h1-14,16-17,22,24,27,31H,15H2/t22-,24+,27-/m1/s1. The molecule has 0 aromatic heterocycles. The van der Waals surface area contributed by atoms with Gasteiger partial charge in [-0.3, -0.25) is 4.79 Å². The Kier molecular flexibility index (Phi) is 4.62. The number of fused-ring (bicyclic) bond motifs is 4. The highest BCUT2D eigenvalue weighted by Crippen LogP contribution is 2.52. The van der Waals surface area contributed by atoms with Crippen molar-refractivity contribution in [1.82, 2.24) is 0 Å². The first-order chi connectivity index (χ1) is 15.7. The van der Waals surface area contributed by atoms with E-state index in [2.05, 4.69) is 59.9 Å². The SMILES string of the molecule is O=C(c1ccccc1)c1cc(Cl)cc2c1N[C@H](c1cccc3ccccc13)[C@H]1CC=C[C@@H]21. The highest BCUT2D eigenvalue weighted by Gasteiger charge is 2.40. The molecule has 3 atom stereocenters. The molecule has 4 aromatic carbocycles. The minimum Gasteiger partial charge on any atom is -0.377 e. The van der Waals surface area contributed by atoms with Crippen molar-refractivity contribution in [3.8, 4) is 0 Å². The summed E-state index contributed by atoms with van der Waals surface area (Å²) in [6.45, 7) is 0. The predicted octanol–water partition coefficient (Wildman–Crippen LogP) is 7.55. The van der Waals surface area contributed by atoms with Crippen molar-refractivity contribution in [2.75, 3.05) is 5.32 Å². The first kappa shape index (κ1) is 19.3. The van der Waals surface area contributed by atoms with Gasteiger partial charge < -0.3 is 5.32 Å². The van der Waals surface area contributed by atoms with Gasteiger partial charge in [0.1, 0.15) is 0 Å².